The number of hydrogen-bond donors (Lipinski definition) is 1. The number of anilines is 1. The Morgan fingerprint density at radius 1 is 1.16 bits per heavy atom. The van der Waals surface area contributed by atoms with Crippen LogP contribution in [0.4, 0.5) is 5.13 Å². The molecule has 128 valence electrons. The SMILES string of the molecule is Cc1ccc(Cc2cnc(NC(=O)CCc3ccccc3)s2)cc1Cl. The fourth-order valence-corrected chi connectivity index (χ4v) is 3.54. The van der Waals surface area contributed by atoms with Crippen LogP contribution in [-0.2, 0) is 17.6 Å². The molecule has 2 aromatic carbocycles. The summed E-state index contributed by atoms with van der Waals surface area (Å²) in [7, 11) is 0. The molecular weight excluding hydrogens is 352 g/mol. The predicted molar refractivity (Wildman–Crippen MR) is 105 cm³/mol. The molecule has 3 rings (SSSR count). The molecule has 1 N–H and O–H groups in total. The van der Waals surface area contributed by atoms with E-state index in [4.69, 9.17) is 11.6 Å². The largest absolute Gasteiger partial charge is 0.302 e. The molecule has 0 saturated heterocycles. The number of amides is 1. The molecular formula is C20H19ClN2OS. The van der Waals surface area contributed by atoms with Crippen molar-refractivity contribution in [2.75, 3.05) is 5.32 Å². The lowest BCUT2D eigenvalue weighted by Crippen LogP contribution is -2.11. The third kappa shape index (κ3) is 5.15. The molecule has 0 aliphatic carbocycles. The van der Waals surface area contributed by atoms with Gasteiger partial charge in [0.2, 0.25) is 5.91 Å². The van der Waals surface area contributed by atoms with Gasteiger partial charge in [-0.25, -0.2) is 4.98 Å². The van der Waals surface area contributed by atoms with E-state index in [9.17, 15) is 4.79 Å². The number of benzene rings is 2. The molecule has 5 heteroatoms. The molecule has 0 saturated carbocycles. The lowest BCUT2D eigenvalue weighted by Gasteiger charge is -2.03. The van der Waals surface area contributed by atoms with Crippen LogP contribution in [0.15, 0.2) is 54.7 Å². The molecule has 1 amide bonds. The zero-order chi connectivity index (χ0) is 17.6. The van der Waals surface area contributed by atoms with Crippen molar-refractivity contribution in [3.63, 3.8) is 0 Å². The summed E-state index contributed by atoms with van der Waals surface area (Å²) in [5.41, 5.74) is 3.37. The van der Waals surface area contributed by atoms with Gasteiger partial charge < -0.3 is 5.32 Å². The normalized spacial score (nSPS) is 10.6. The lowest BCUT2D eigenvalue weighted by atomic mass is 10.1. The molecule has 0 bridgehead atoms. The van der Waals surface area contributed by atoms with Crippen molar-refractivity contribution in [1.82, 2.24) is 4.98 Å². The van der Waals surface area contributed by atoms with Gasteiger partial charge in [-0.3, -0.25) is 4.79 Å². The summed E-state index contributed by atoms with van der Waals surface area (Å²) < 4.78 is 0. The van der Waals surface area contributed by atoms with Crippen molar-refractivity contribution in [2.45, 2.75) is 26.2 Å². The Hall–Kier alpha value is -2.17. The summed E-state index contributed by atoms with van der Waals surface area (Å²) in [6.45, 7) is 1.99. The number of aryl methyl sites for hydroxylation is 2. The van der Waals surface area contributed by atoms with Crippen molar-refractivity contribution in [1.29, 1.82) is 0 Å². The number of nitrogens with zero attached hydrogens (tertiary/aromatic N) is 1. The maximum absolute atomic E-state index is 12.1. The second-order valence-electron chi connectivity index (χ2n) is 5.93. The van der Waals surface area contributed by atoms with Crippen LogP contribution in [0.3, 0.4) is 0 Å². The number of hydrogen-bond acceptors (Lipinski definition) is 3. The number of thiazole rings is 1. The maximum atomic E-state index is 12.1. The van der Waals surface area contributed by atoms with Crippen LogP contribution in [0, 0.1) is 6.92 Å². The van der Waals surface area contributed by atoms with Crippen LogP contribution in [0.5, 0.6) is 0 Å². The van der Waals surface area contributed by atoms with E-state index in [2.05, 4.69) is 16.4 Å². The van der Waals surface area contributed by atoms with E-state index in [1.165, 1.54) is 11.3 Å². The summed E-state index contributed by atoms with van der Waals surface area (Å²) in [4.78, 5) is 17.5. The molecule has 3 nitrogen and oxygen atoms in total. The van der Waals surface area contributed by atoms with E-state index in [1.54, 1.807) is 0 Å². The van der Waals surface area contributed by atoms with Gasteiger partial charge in [0.1, 0.15) is 0 Å². The Balaban J connectivity index is 1.54. The molecule has 0 radical (unpaired) electrons. The Bertz CT molecular complexity index is 861. The van der Waals surface area contributed by atoms with Crippen LogP contribution in [0.1, 0.15) is 28.0 Å². The number of aromatic nitrogens is 1. The van der Waals surface area contributed by atoms with Crippen molar-refractivity contribution in [3.8, 4) is 0 Å². The summed E-state index contributed by atoms with van der Waals surface area (Å²) in [6.07, 6.45) is 3.75. The van der Waals surface area contributed by atoms with Crippen LogP contribution < -0.4 is 5.32 Å². The third-order valence-electron chi connectivity index (χ3n) is 3.90. The predicted octanol–water partition coefficient (Wildman–Crippen LogP) is 5.27. The monoisotopic (exact) mass is 370 g/mol. The number of carbonyl (C=O) groups excluding carboxylic acids is 1. The quantitative estimate of drug-likeness (QED) is 0.642. The van der Waals surface area contributed by atoms with Crippen LogP contribution >= 0.6 is 22.9 Å². The second kappa shape index (κ2) is 8.28. The highest BCUT2D eigenvalue weighted by atomic mass is 35.5. The molecule has 3 aromatic rings. The Kier molecular flexibility index (Phi) is 5.84. The van der Waals surface area contributed by atoms with Gasteiger partial charge in [-0.15, -0.1) is 11.3 Å². The van der Waals surface area contributed by atoms with Crippen molar-refractivity contribution in [3.05, 3.63) is 81.3 Å². The van der Waals surface area contributed by atoms with Gasteiger partial charge in [-0.1, -0.05) is 54.1 Å². The van der Waals surface area contributed by atoms with Crippen molar-refractivity contribution >= 4 is 34.0 Å². The zero-order valence-electron chi connectivity index (χ0n) is 14.0. The highest BCUT2D eigenvalue weighted by molar-refractivity contribution is 7.15. The first kappa shape index (κ1) is 17.6. The fourth-order valence-electron chi connectivity index (χ4n) is 2.48. The van der Waals surface area contributed by atoms with Crippen molar-refractivity contribution in [2.24, 2.45) is 0 Å². The molecule has 25 heavy (non-hydrogen) atoms. The number of rotatable bonds is 6. The van der Waals surface area contributed by atoms with Gasteiger partial charge in [0.25, 0.3) is 0 Å². The van der Waals surface area contributed by atoms with E-state index in [0.29, 0.717) is 11.6 Å². The summed E-state index contributed by atoms with van der Waals surface area (Å²) >= 11 is 7.67. The second-order valence-corrected chi connectivity index (χ2v) is 7.45. The van der Waals surface area contributed by atoms with Crippen LogP contribution in [-0.4, -0.2) is 10.9 Å². The van der Waals surface area contributed by atoms with E-state index in [-0.39, 0.29) is 5.91 Å². The number of nitrogens with one attached hydrogen (secondary N) is 1. The number of halogens is 1. The average Bonchev–Trinajstić information content (AvgIpc) is 3.04. The Morgan fingerprint density at radius 3 is 2.72 bits per heavy atom. The van der Waals surface area contributed by atoms with Gasteiger partial charge in [-0.2, -0.15) is 0 Å². The average molecular weight is 371 g/mol. The Morgan fingerprint density at radius 2 is 1.96 bits per heavy atom. The van der Waals surface area contributed by atoms with Gasteiger partial charge in [0.05, 0.1) is 0 Å². The van der Waals surface area contributed by atoms with Crippen molar-refractivity contribution < 1.29 is 4.79 Å². The van der Waals surface area contributed by atoms with Gasteiger partial charge in [0.15, 0.2) is 5.13 Å². The topological polar surface area (TPSA) is 42.0 Å². The first-order valence-electron chi connectivity index (χ1n) is 8.13. The Labute approximate surface area is 156 Å². The third-order valence-corrected chi connectivity index (χ3v) is 5.22. The first-order valence-corrected chi connectivity index (χ1v) is 9.33. The van der Waals surface area contributed by atoms with Crippen LogP contribution in [0.25, 0.3) is 0 Å². The number of carbonyl (C=O) groups is 1. The maximum Gasteiger partial charge on any atom is 0.226 e. The minimum atomic E-state index is -0.0110. The van der Waals surface area contributed by atoms with Crippen LogP contribution in [0.2, 0.25) is 5.02 Å². The highest BCUT2D eigenvalue weighted by Crippen LogP contribution is 2.24. The summed E-state index contributed by atoms with van der Waals surface area (Å²) in [5, 5.41) is 4.30. The summed E-state index contributed by atoms with van der Waals surface area (Å²) in [5.74, 6) is -0.0110. The molecule has 0 fully saturated rings. The lowest BCUT2D eigenvalue weighted by molar-refractivity contribution is -0.116. The molecule has 0 spiro atoms. The van der Waals surface area contributed by atoms with Gasteiger partial charge in [-0.05, 0) is 36.1 Å². The van der Waals surface area contributed by atoms with E-state index < -0.39 is 0 Å². The zero-order valence-corrected chi connectivity index (χ0v) is 15.5. The molecule has 1 heterocycles. The fraction of sp³-hybridized carbons (Fsp3) is 0.200. The smallest absolute Gasteiger partial charge is 0.226 e. The summed E-state index contributed by atoms with van der Waals surface area (Å²) in [6, 6.07) is 16.1. The molecule has 0 aliphatic rings. The molecule has 1 aromatic heterocycles. The van der Waals surface area contributed by atoms with E-state index in [1.807, 2.05) is 55.6 Å². The highest BCUT2D eigenvalue weighted by Gasteiger charge is 2.08. The first-order chi connectivity index (χ1) is 12.1. The van der Waals surface area contributed by atoms with Gasteiger partial charge >= 0.3 is 0 Å². The standard InChI is InChI=1S/C20H19ClN2OS/c1-14-7-8-16(12-18(14)21)11-17-13-22-20(25-17)23-19(24)10-9-15-5-3-2-4-6-15/h2-8,12-13H,9-11H2,1H3,(H,22,23,24). The molecule has 0 unspecified atom stereocenters. The minimum absolute atomic E-state index is 0.0110. The van der Waals surface area contributed by atoms with E-state index >= 15 is 0 Å². The molecule has 0 aliphatic heterocycles. The molecule has 0 atom stereocenters. The van der Waals surface area contributed by atoms with Gasteiger partial charge in [0, 0.05) is 28.9 Å². The van der Waals surface area contributed by atoms with E-state index in [0.717, 1.165) is 39.4 Å². The minimum Gasteiger partial charge on any atom is -0.302 e.